The molecule has 0 bridgehead atoms. The molecule has 0 spiro atoms. The molecule has 1 N–H and O–H groups in total. The fraction of sp³-hybridized carbons (Fsp3) is 0.769. The third-order valence-corrected chi connectivity index (χ3v) is 3.55. The fourth-order valence-corrected chi connectivity index (χ4v) is 1.97. The number of methoxy groups -OCH3 is 1. The summed E-state index contributed by atoms with van der Waals surface area (Å²) in [5.41, 5.74) is 0.769. The van der Waals surface area contributed by atoms with E-state index in [9.17, 15) is 5.11 Å². The van der Waals surface area contributed by atoms with Crippen LogP contribution < -0.4 is 0 Å². The molecule has 1 aromatic heterocycles. The maximum Gasteiger partial charge on any atom is 0.0957 e. The molecule has 1 aromatic rings. The number of ether oxygens (including phenoxy) is 1. The average molecular weight is 238 g/mol. The van der Waals surface area contributed by atoms with Gasteiger partial charge in [0.1, 0.15) is 0 Å². The molecule has 1 aliphatic rings. The molecule has 1 atom stereocenters. The Kier molecular flexibility index (Phi) is 3.54. The minimum atomic E-state index is -0.437. The van der Waals surface area contributed by atoms with Crippen molar-refractivity contribution in [1.29, 1.82) is 0 Å². The molecule has 2 rings (SSSR count). The smallest absolute Gasteiger partial charge is 0.0957 e. The highest BCUT2D eigenvalue weighted by Gasteiger charge is 2.28. The first-order chi connectivity index (χ1) is 8.03. The van der Waals surface area contributed by atoms with Crippen LogP contribution in [0.5, 0.6) is 0 Å². The zero-order valence-corrected chi connectivity index (χ0v) is 10.9. The molecule has 0 radical (unpaired) electrons. The maximum absolute atomic E-state index is 10.2. The van der Waals surface area contributed by atoms with Crippen molar-refractivity contribution in [3.8, 4) is 0 Å². The lowest BCUT2D eigenvalue weighted by Crippen LogP contribution is -2.23. The first kappa shape index (κ1) is 12.6. The van der Waals surface area contributed by atoms with Crippen LogP contribution in [0.4, 0.5) is 0 Å². The van der Waals surface area contributed by atoms with Crippen molar-refractivity contribution in [2.45, 2.75) is 57.3 Å². The predicted octanol–water partition coefficient (Wildman–Crippen LogP) is 2.46. The zero-order valence-electron chi connectivity index (χ0n) is 10.9. The van der Waals surface area contributed by atoms with E-state index in [1.807, 2.05) is 20.2 Å². The van der Waals surface area contributed by atoms with E-state index in [4.69, 9.17) is 4.74 Å². The molecule has 0 saturated heterocycles. The van der Waals surface area contributed by atoms with Crippen LogP contribution in [0, 0.1) is 0 Å². The Hall–Kier alpha value is -0.870. The number of hydrogen-bond donors (Lipinski definition) is 1. The van der Waals surface area contributed by atoms with Crippen molar-refractivity contribution in [2.24, 2.45) is 0 Å². The standard InChI is InChI=1S/C13H22N2O2/c1-13(2,17-3)7-6-12(16)11-8-14-9-15(11)10-4-5-10/h8-10,12,16H,4-7H2,1-3H3. The number of aromatic nitrogens is 2. The third-order valence-electron chi connectivity index (χ3n) is 3.55. The average Bonchev–Trinajstić information content (AvgIpc) is 3.04. The van der Waals surface area contributed by atoms with Crippen LogP contribution in [0.3, 0.4) is 0 Å². The highest BCUT2D eigenvalue weighted by Crippen LogP contribution is 2.37. The van der Waals surface area contributed by atoms with E-state index in [0.717, 1.165) is 12.1 Å². The fourth-order valence-electron chi connectivity index (χ4n) is 1.97. The van der Waals surface area contributed by atoms with Crippen LogP contribution in [0.1, 0.15) is 57.4 Å². The summed E-state index contributed by atoms with van der Waals surface area (Å²) in [7, 11) is 1.71. The van der Waals surface area contributed by atoms with Gasteiger partial charge in [-0.2, -0.15) is 0 Å². The molecule has 1 saturated carbocycles. The first-order valence-corrected chi connectivity index (χ1v) is 6.28. The Balaban J connectivity index is 1.95. The van der Waals surface area contributed by atoms with Gasteiger partial charge in [0, 0.05) is 13.2 Å². The minimum absolute atomic E-state index is 0.175. The van der Waals surface area contributed by atoms with Gasteiger partial charge in [0.15, 0.2) is 0 Å². The summed E-state index contributed by atoms with van der Waals surface area (Å²) >= 11 is 0. The number of rotatable bonds is 6. The molecule has 1 unspecified atom stereocenters. The predicted molar refractivity (Wildman–Crippen MR) is 65.8 cm³/mol. The molecule has 0 aliphatic heterocycles. The lowest BCUT2D eigenvalue weighted by Gasteiger charge is -2.24. The second-order valence-electron chi connectivity index (χ2n) is 5.48. The quantitative estimate of drug-likeness (QED) is 0.828. The van der Waals surface area contributed by atoms with Crippen LogP contribution in [-0.4, -0.2) is 27.4 Å². The normalized spacial score (nSPS) is 18.4. The largest absolute Gasteiger partial charge is 0.387 e. The van der Waals surface area contributed by atoms with Crippen LogP contribution in [-0.2, 0) is 4.74 Å². The molecule has 4 nitrogen and oxygen atoms in total. The second kappa shape index (κ2) is 4.78. The number of imidazole rings is 1. The molecule has 1 fully saturated rings. The number of aliphatic hydroxyl groups excluding tert-OH is 1. The van der Waals surface area contributed by atoms with Gasteiger partial charge in [-0.3, -0.25) is 0 Å². The van der Waals surface area contributed by atoms with E-state index in [1.54, 1.807) is 13.3 Å². The summed E-state index contributed by atoms with van der Waals surface area (Å²) in [4.78, 5) is 4.14. The van der Waals surface area contributed by atoms with E-state index >= 15 is 0 Å². The van der Waals surface area contributed by atoms with Gasteiger partial charge in [0.05, 0.1) is 29.9 Å². The maximum atomic E-state index is 10.2. The van der Waals surface area contributed by atoms with Gasteiger partial charge in [-0.15, -0.1) is 0 Å². The lowest BCUT2D eigenvalue weighted by atomic mass is 9.99. The van der Waals surface area contributed by atoms with Crippen molar-refractivity contribution in [2.75, 3.05) is 7.11 Å². The van der Waals surface area contributed by atoms with Crippen molar-refractivity contribution in [3.05, 3.63) is 18.2 Å². The topological polar surface area (TPSA) is 47.3 Å². The molecule has 1 heterocycles. The van der Waals surface area contributed by atoms with Crippen LogP contribution >= 0.6 is 0 Å². The van der Waals surface area contributed by atoms with E-state index < -0.39 is 6.10 Å². The number of nitrogens with zero attached hydrogens (tertiary/aromatic N) is 2. The van der Waals surface area contributed by atoms with E-state index in [-0.39, 0.29) is 5.60 Å². The van der Waals surface area contributed by atoms with E-state index in [0.29, 0.717) is 12.5 Å². The summed E-state index contributed by atoms with van der Waals surface area (Å²) in [6.07, 6.45) is 7.13. The Bertz CT molecular complexity index is 369. The monoisotopic (exact) mass is 238 g/mol. The van der Waals surface area contributed by atoms with Gasteiger partial charge in [-0.05, 0) is 39.5 Å². The van der Waals surface area contributed by atoms with Crippen molar-refractivity contribution >= 4 is 0 Å². The SMILES string of the molecule is COC(C)(C)CCC(O)c1cncn1C1CC1. The van der Waals surface area contributed by atoms with E-state index in [1.165, 1.54) is 12.8 Å². The zero-order chi connectivity index (χ0) is 12.5. The molecule has 0 aromatic carbocycles. The van der Waals surface area contributed by atoms with Crippen molar-refractivity contribution in [3.63, 3.8) is 0 Å². The Labute approximate surface area is 103 Å². The molecule has 4 heteroatoms. The van der Waals surface area contributed by atoms with Gasteiger partial charge < -0.3 is 14.4 Å². The molecule has 1 aliphatic carbocycles. The first-order valence-electron chi connectivity index (χ1n) is 6.28. The van der Waals surface area contributed by atoms with Gasteiger partial charge in [0.2, 0.25) is 0 Å². The van der Waals surface area contributed by atoms with Crippen LogP contribution in [0.2, 0.25) is 0 Å². The Morgan fingerprint density at radius 1 is 1.59 bits per heavy atom. The summed E-state index contributed by atoms with van der Waals surface area (Å²) in [6, 6.07) is 0.567. The summed E-state index contributed by atoms with van der Waals surface area (Å²) in [6.45, 7) is 4.08. The summed E-state index contributed by atoms with van der Waals surface area (Å²) in [5.74, 6) is 0. The third kappa shape index (κ3) is 3.07. The summed E-state index contributed by atoms with van der Waals surface area (Å²) in [5, 5.41) is 10.2. The highest BCUT2D eigenvalue weighted by molar-refractivity contribution is 5.07. The minimum Gasteiger partial charge on any atom is -0.387 e. The highest BCUT2D eigenvalue weighted by atomic mass is 16.5. The summed E-state index contributed by atoms with van der Waals surface area (Å²) < 4.78 is 7.48. The second-order valence-corrected chi connectivity index (χ2v) is 5.48. The number of hydrogen-bond acceptors (Lipinski definition) is 3. The van der Waals surface area contributed by atoms with E-state index in [2.05, 4.69) is 9.55 Å². The van der Waals surface area contributed by atoms with Crippen LogP contribution in [0.25, 0.3) is 0 Å². The molecular weight excluding hydrogens is 216 g/mol. The molecule has 96 valence electrons. The lowest BCUT2D eigenvalue weighted by molar-refractivity contribution is 0.00209. The number of aliphatic hydroxyl groups is 1. The van der Waals surface area contributed by atoms with Gasteiger partial charge in [0.25, 0.3) is 0 Å². The van der Waals surface area contributed by atoms with Crippen molar-refractivity contribution in [1.82, 2.24) is 9.55 Å². The van der Waals surface area contributed by atoms with Crippen molar-refractivity contribution < 1.29 is 9.84 Å². The van der Waals surface area contributed by atoms with Crippen LogP contribution in [0.15, 0.2) is 12.5 Å². The molecular formula is C13H22N2O2. The van der Waals surface area contributed by atoms with Gasteiger partial charge in [-0.1, -0.05) is 0 Å². The Morgan fingerprint density at radius 2 is 2.29 bits per heavy atom. The molecule has 17 heavy (non-hydrogen) atoms. The van der Waals surface area contributed by atoms with Gasteiger partial charge >= 0.3 is 0 Å². The molecule has 0 amide bonds. The Morgan fingerprint density at radius 3 is 2.88 bits per heavy atom. The van der Waals surface area contributed by atoms with Gasteiger partial charge in [-0.25, -0.2) is 4.98 Å².